The van der Waals surface area contributed by atoms with Gasteiger partial charge in [0.2, 0.25) is 5.82 Å². The van der Waals surface area contributed by atoms with Gasteiger partial charge < -0.3 is 15.0 Å². The molecule has 0 aliphatic rings. The van der Waals surface area contributed by atoms with E-state index in [0.29, 0.717) is 10.8 Å². The second-order valence-electron chi connectivity index (χ2n) is 4.06. The molecule has 0 aromatic carbocycles. The van der Waals surface area contributed by atoms with Gasteiger partial charge in [0, 0.05) is 18.5 Å². The Balaban J connectivity index is 2.49. The van der Waals surface area contributed by atoms with Gasteiger partial charge in [0.15, 0.2) is 0 Å². The molecule has 0 fully saturated rings. The van der Waals surface area contributed by atoms with Crippen molar-refractivity contribution >= 4 is 27.9 Å². The number of nitrogens with zero attached hydrogens (tertiary/aromatic N) is 4. The summed E-state index contributed by atoms with van der Waals surface area (Å²) in [6.07, 6.45) is 3.59. The molecular formula is C11H16N4O2S. The minimum Gasteiger partial charge on any atom is -0.358 e. The summed E-state index contributed by atoms with van der Waals surface area (Å²) in [4.78, 5) is 18.0. The molecule has 0 atom stereocenters. The lowest BCUT2D eigenvalue weighted by molar-refractivity contribution is -0.389. The van der Waals surface area contributed by atoms with Gasteiger partial charge in [-0.25, -0.2) is 0 Å². The third-order valence-corrected chi connectivity index (χ3v) is 3.44. The van der Waals surface area contributed by atoms with Gasteiger partial charge in [-0.05, 0) is 17.8 Å². The molecular weight excluding hydrogens is 252 g/mol. The average molecular weight is 268 g/mol. The maximum absolute atomic E-state index is 11.2. The third kappa shape index (κ3) is 2.17. The molecule has 0 bridgehead atoms. The lowest BCUT2D eigenvalue weighted by Crippen LogP contribution is -2.26. The highest BCUT2D eigenvalue weighted by Gasteiger charge is 2.27. The van der Waals surface area contributed by atoms with Crippen molar-refractivity contribution in [3.05, 3.63) is 21.7 Å². The molecule has 98 valence electrons. The van der Waals surface area contributed by atoms with E-state index in [0.717, 1.165) is 25.9 Å². The van der Waals surface area contributed by atoms with E-state index in [-0.39, 0.29) is 10.7 Å². The van der Waals surface area contributed by atoms with Crippen molar-refractivity contribution in [3.63, 3.8) is 0 Å². The summed E-state index contributed by atoms with van der Waals surface area (Å²) in [6, 6.07) is 0. The van der Waals surface area contributed by atoms with Gasteiger partial charge in [0.25, 0.3) is 4.96 Å². The van der Waals surface area contributed by atoms with Gasteiger partial charge in [0.05, 0.1) is 0 Å². The monoisotopic (exact) mass is 268 g/mol. The number of aromatic nitrogens is 2. The second kappa shape index (κ2) is 5.34. The Bertz CT molecular complexity index is 542. The van der Waals surface area contributed by atoms with Crippen molar-refractivity contribution in [2.75, 3.05) is 18.0 Å². The first-order valence-electron chi connectivity index (χ1n) is 6.03. The predicted octanol–water partition coefficient (Wildman–Crippen LogP) is 2.93. The van der Waals surface area contributed by atoms with Gasteiger partial charge >= 0.3 is 5.82 Å². The van der Waals surface area contributed by atoms with Gasteiger partial charge in [-0.2, -0.15) is 9.38 Å². The number of nitro groups is 1. The molecule has 0 radical (unpaired) electrons. The maximum atomic E-state index is 11.2. The smallest absolute Gasteiger partial charge is 0.358 e. The van der Waals surface area contributed by atoms with E-state index in [9.17, 15) is 10.1 Å². The van der Waals surface area contributed by atoms with E-state index >= 15 is 0 Å². The summed E-state index contributed by atoms with van der Waals surface area (Å²) in [5.41, 5.74) is 0. The molecule has 0 aliphatic carbocycles. The van der Waals surface area contributed by atoms with Crippen LogP contribution in [0.4, 0.5) is 11.6 Å². The van der Waals surface area contributed by atoms with Gasteiger partial charge in [0.1, 0.15) is 6.20 Å². The van der Waals surface area contributed by atoms with Crippen LogP contribution in [-0.4, -0.2) is 27.4 Å². The highest BCUT2D eigenvalue weighted by Crippen LogP contribution is 2.31. The van der Waals surface area contributed by atoms with Crippen molar-refractivity contribution in [2.24, 2.45) is 0 Å². The second-order valence-corrected chi connectivity index (χ2v) is 4.93. The summed E-state index contributed by atoms with van der Waals surface area (Å²) in [5.74, 6) is 0.573. The van der Waals surface area contributed by atoms with Crippen LogP contribution in [-0.2, 0) is 0 Å². The SMILES string of the molecule is CCCN(CCC)c1nc2sccn2c1[N+](=O)[O-]. The Morgan fingerprint density at radius 2 is 2.11 bits per heavy atom. The fourth-order valence-electron chi connectivity index (χ4n) is 2.01. The standard InChI is InChI=1S/C11H16N4O2S/c1-3-5-13(6-4-2)9-10(15(16)17)14-7-8-18-11(14)12-9/h7-8H,3-6H2,1-2H3. The molecule has 7 heteroatoms. The topological polar surface area (TPSA) is 63.7 Å². The molecule has 18 heavy (non-hydrogen) atoms. The fourth-order valence-corrected chi connectivity index (χ4v) is 2.71. The molecule has 0 unspecified atom stereocenters. The molecule has 2 heterocycles. The summed E-state index contributed by atoms with van der Waals surface area (Å²) in [7, 11) is 0. The minimum atomic E-state index is -0.347. The molecule has 0 spiro atoms. The predicted molar refractivity (Wildman–Crippen MR) is 72.5 cm³/mol. The van der Waals surface area contributed by atoms with Crippen molar-refractivity contribution in [3.8, 4) is 0 Å². The minimum absolute atomic E-state index is 0.0770. The molecule has 0 saturated carbocycles. The number of anilines is 1. The van der Waals surface area contributed by atoms with E-state index in [4.69, 9.17) is 0 Å². The Morgan fingerprint density at radius 3 is 2.67 bits per heavy atom. The molecule has 0 amide bonds. The first-order valence-corrected chi connectivity index (χ1v) is 6.91. The largest absolute Gasteiger partial charge is 0.373 e. The molecule has 0 N–H and O–H groups in total. The number of hydrogen-bond acceptors (Lipinski definition) is 5. The first-order chi connectivity index (χ1) is 8.69. The van der Waals surface area contributed by atoms with Crippen LogP contribution >= 0.6 is 11.3 Å². The van der Waals surface area contributed by atoms with Crippen LogP contribution in [0.15, 0.2) is 11.6 Å². The van der Waals surface area contributed by atoms with Crippen LogP contribution in [0.5, 0.6) is 0 Å². The summed E-state index contributed by atoms with van der Waals surface area (Å²) < 4.78 is 1.55. The number of fused-ring (bicyclic) bond motifs is 1. The average Bonchev–Trinajstić information content (AvgIpc) is 2.87. The molecule has 0 saturated heterocycles. The molecule has 6 nitrogen and oxygen atoms in total. The zero-order valence-electron chi connectivity index (χ0n) is 10.5. The van der Waals surface area contributed by atoms with Gasteiger partial charge in [-0.15, -0.1) is 0 Å². The third-order valence-electron chi connectivity index (χ3n) is 2.68. The normalized spacial score (nSPS) is 11.0. The number of thiazole rings is 1. The molecule has 2 aromatic rings. The Morgan fingerprint density at radius 1 is 1.44 bits per heavy atom. The Labute approximate surface area is 109 Å². The summed E-state index contributed by atoms with van der Waals surface area (Å²) >= 11 is 1.41. The van der Waals surface area contributed by atoms with Crippen LogP contribution in [0, 0.1) is 10.1 Å². The van der Waals surface area contributed by atoms with E-state index in [1.54, 1.807) is 10.6 Å². The zero-order chi connectivity index (χ0) is 13.1. The van der Waals surface area contributed by atoms with Crippen molar-refractivity contribution in [1.29, 1.82) is 0 Å². The Hall–Kier alpha value is -1.63. The van der Waals surface area contributed by atoms with Crippen molar-refractivity contribution in [1.82, 2.24) is 9.38 Å². The fraction of sp³-hybridized carbons (Fsp3) is 0.545. The quantitative estimate of drug-likeness (QED) is 0.597. The van der Waals surface area contributed by atoms with Crippen LogP contribution in [0.3, 0.4) is 0 Å². The number of rotatable bonds is 6. The Kier molecular flexibility index (Phi) is 3.81. The van der Waals surface area contributed by atoms with Crippen LogP contribution in [0.1, 0.15) is 26.7 Å². The summed E-state index contributed by atoms with van der Waals surface area (Å²) in [5, 5.41) is 13.0. The van der Waals surface area contributed by atoms with E-state index in [1.807, 2.05) is 10.3 Å². The van der Waals surface area contributed by atoms with Crippen LogP contribution in [0.25, 0.3) is 4.96 Å². The number of hydrogen-bond donors (Lipinski definition) is 0. The zero-order valence-corrected chi connectivity index (χ0v) is 11.3. The maximum Gasteiger partial charge on any atom is 0.373 e. The van der Waals surface area contributed by atoms with E-state index < -0.39 is 0 Å². The van der Waals surface area contributed by atoms with Crippen LogP contribution in [0.2, 0.25) is 0 Å². The van der Waals surface area contributed by atoms with Gasteiger partial charge in [-0.1, -0.05) is 25.2 Å². The highest BCUT2D eigenvalue weighted by molar-refractivity contribution is 7.15. The van der Waals surface area contributed by atoms with Crippen molar-refractivity contribution < 1.29 is 4.92 Å². The summed E-state index contributed by atoms with van der Waals surface area (Å²) in [6.45, 7) is 5.71. The van der Waals surface area contributed by atoms with Gasteiger partial charge in [-0.3, -0.25) is 0 Å². The van der Waals surface area contributed by atoms with Crippen LogP contribution < -0.4 is 4.90 Å². The molecule has 2 rings (SSSR count). The number of imidazole rings is 1. The lowest BCUT2D eigenvalue weighted by atomic mass is 10.3. The highest BCUT2D eigenvalue weighted by atomic mass is 32.1. The molecule has 0 aliphatic heterocycles. The lowest BCUT2D eigenvalue weighted by Gasteiger charge is -2.20. The first kappa shape index (κ1) is 12.8. The molecule has 2 aromatic heterocycles. The van der Waals surface area contributed by atoms with E-state index in [1.165, 1.54) is 11.3 Å². The van der Waals surface area contributed by atoms with Crippen molar-refractivity contribution in [2.45, 2.75) is 26.7 Å². The van der Waals surface area contributed by atoms with E-state index in [2.05, 4.69) is 18.8 Å².